The van der Waals surface area contributed by atoms with Crippen LogP contribution in [0.4, 0.5) is 4.39 Å². The Balaban J connectivity index is 1.39. The molecule has 0 unspecified atom stereocenters. The molecule has 1 aromatic carbocycles. The maximum absolute atomic E-state index is 13.5. The van der Waals surface area contributed by atoms with Crippen molar-refractivity contribution in [2.24, 2.45) is 11.8 Å². The molecule has 2 aliphatic heterocycles. The average Bonchev–Trinajstić information content (AvgIpc) is 2.64. The Labute approximate surface area is 152 Å². The third kappa shape index (κ3) is 5.25. The third-order valence-electron chi connectivity index (χ3n) is 4.44. The van der Waals surface area contributed by atoms with Crippen LogP contribution in [0, 0.1) is 17.7 Å². The molecule has 138 valence electrons. The predicted octanol–water partition coefficient (Wildman–Crippen LogP) is 3.97. The van der Waals surface area contributed by atoms with Crippen LogP contribution in [-0.2, 0) is 25.4 Å². The minimum atomic E-state index is -0.396. The monoisotopic (exact) mass is 370 g/mol. The zero-order valence-corrected chi connectivity index (χ0v) is 15.1. The predicted molar refractivity (Wildman–Crippen MR) is 92.9 cm³/mol. The fourth-order valence-electron chi connectivity index (χ4n) is 3.05. The fourth-order valence-corrected chi connectivity index (χ4v) is 3.17. The Morgan fingerprint density at radius 1 is 1.12 bits per heavy atom. The van der Waals surface area contributed by atoms with Crippen molar-refractivity contribution in [2.45, 2.75) is 32.3 Å². The molecule has 0 spiro atoms. The fraction of sp³-hybridized carbons (Fsp3) is 0.579. The van der Waals surface area contributed by atoms with Crippen molar-refractivity contribution in [2.75, 3.05) is 26.4 Å². The molecule has 2 saturated heterocycles. The van der Waals surface area contributed by atoms with Crippen LogP contribution in [0.15, 0.2) is 30.4 Å². The van der Waals surface area contributed by atoms with E-state index >= 15 is 0 Å². The van der Waals surface area contributed by atoms with Gasteiger partial charge in [0, 0.05) is 12.3 Å². The third-order valence-corrected chi connectivity index (χ3v) is 4.75. The number of halogens is 2. The summed E-state index contributed by atoms with van der Waals surface area (Å²) < 4.78 is 36.6. The molecule has 0 aromatic heterocycles. The van der Waals surface area contributed by atoms with E-state index in [1.54, 1.807) is 6.07 Å². The lowest BCUT2D eigenvalue weighted by Gasteiger charge is -2.37. The van der Waals surface area contributed by atoms with E-state index in [2.05, 4.69) is 6.08 Å². The van der Waals surface area contributed by atoms with Crippen LogP contribution < -0.4 is 0 Å². The maximum atomic E-state index is 13.5. The molecule has 0 N–H and O–H groups in total. The maximum Gasteiger partial charge on any atom is 0.164 e. The van der Waals surface area contributed by atoms with Crippen molar-refractivity contribution in [3.63, 3.8) is 0 Å². The summed E-state index contributed by atoms with van der Waals surface area (Å²) in [5.41, 5.74) is 0.880. The molecule has 25 heavy (non-hydrogen) atoms. The topological polar surface area (TPSA) is 36.9 Å². The Morgan fingerprint density at radius 2 is 1.84 bits per heavy atom. The molecular weight excluding hydrogens is 347 g/mol. The van der Waals surface area contributed by atoms with Gasteiger partial charge in [-0.3, -0.25) is 0 Å². The van der Waals surface area contributed by atoms with Crippen LogP contribution in [0.3, 0.4) is 0 Å². The summed E-state index contributed by atoms with van der Waals surface area (Å²) >= 11 is 5.69. The summed E-state index contributed by atoms with van der Waals surface area (Å²) in [7, 11) is 0. The summed E-state index contributed by atoms with van der Waals surface area (Å²) in [5.74, 6) is 0.00232. The largest absolute Gasteiger partial charge is 0.352 e. The highest BCUT2D eigenvalue weighted by atomic mass is 35.5. The van der Waals surface area contributed by atoms with Crippen molar-refractivity contribution in [3.8, 4) is 0 Å². The number of benzene rings is 1. The average molecular weight is 371 g/mol. The van der Waals surface area contributed by atoms with E-state index in [1.807, 2.05) is 19.1 Å². The minimum absolute atomic E-state index is 0.0794. The van der Waals surface area contributed by atoms with Gasteiger partial charge in [-0.25, -0.2) is 4.39 Å². The lowest BCUT2D eigenvalue weighted by Crippen LogP contribution is -2.44. The van der Waals surface area contributed by atoms with Gasteiger partial charge in [-0.05, 0) is 31.0 Å². The van der Waals surface area contributed by atoms with E-state index in [0.717, 1.165) is 5.56 Å². The van der Waals surface area contributed by atoms with E-state index in [9.17, 15) is 4.39 Å². The lowest BCUT2D eigenvalue weighted by molar-refractivity contribution is -0.278. The molecule has 0 bridgehead atoms. The Hall–Kier alpha value is -0.980. The van der Waals surface area contributed by atoms with E-state index in [1.165, 1.54) is 6.07 Å². The van der Waals surface area contributed by atoms with Crippen LogP contribution in [0.25, 0.3) is 0 Å². The van der Waals surface area contributed by atoms with Crippen molar-refractivity contribution in [3.05, 3.63) is 46.8 Å². The zero-order chi connectivity index (χ0) is 17.6. The number of hydrogen-bond acceptors (Lipinski definition) is 4. The molecule has 0 amide bonds. The van der Waals surface area contributed by atoms with Gasteiger partial charge in [0.05, 0.1) is 37.4 Å². The molecule has 0 atom stereocenters. The number of ether oxygens (including phenoxy) is 4. The SMILES string of the molecule is C/C=C/C1COC(C2COC(CCc3ccc(Cl)c(F)c3)OC2)OC1. The highest BCUT2D eigenvalue weighted by Crippen LogP contribution is 2.25. The second-order valence-corrected chi connectivity index (χ2v) is 6.87. The van der Waals surface area contributed by atoms with Gasteiger partial charge in [-0.1, -0.05) is 29.8 Å². The molecule has 4 nitrogen and oxygen atoms in total. The molecule has 0 aliphatic carbocycles. The first-order valence-electron chi connectivity index (χ1n) is 8.69. The highest BCUT2D eigenvalue weighted by Gasteiger charge is 2.33. The first kappa shape index (κ1) is 18.8. The van der Waals surface area contributed by atoms with Gasteiger partial charge in [0.15, 0.2) is 12.6 Å². The molecule has 2 aliphatic rings. The van der Waals surface area contributed by atoms with Crippen molar-refractivity contribution >= 4 is 11.6 Å². The van der Waals surface area contributed by atoms with Gasteiger partial charge in [0.2, 0.25) is 0 Å². The summed E-state index contributed by atoms with van der Waals surface area (Å²) in [6.45, 7) is 4.40. The summed E-state index contributed by atoms with van der Waals surface area (Å²) in [6, 6.07) is 4.85. The standard InChI is InChI=1S/C19H24ClFO4/c1-2-3-14-9-24-19(25-10-14)15-11-22-18(23-12-15)7-5-13-4-6-16(20)17(21)8-13/h2-4,6,8,14-15,18-19H,5,7,9-12H2,1H3/b3-2+. The Bertz CT molecular complexity index is 579. The number of allylic oxidation sites excluding steroid dienone is 1. The van der Waals surface area contributed by atoms with E-state index in [4.69, 9.17) is 30.5 Å². The van der Waals surface area contributed by atoms with Crippen molar-refractivity contribution in [1.29, 1.82) is 0 Å². The number of aryl methyl sites for hydroxylation is 1. The van der Waals surface area contributed by atoms with Crippen molar-refractivity contribution in [1.82, 2.24) is 0 Å². The lowest BCUT2D eigenvalue weighted by atomic mass is 10.1. The summed E-state index contributed by atoms with van der Waals surface area (Å²) in [4.78, 5) is 0. The molecule has 0 saturated carbocycles. The van der Waals surface area contributed by atoms with E-state index in [0.29, 0.717) is 45.2 Å². The van der Waals surface area contributed by atoms with E-state index in [-0.39, 0.29) is 23.5 Å². The Kier molecular flexibility index (Phi) is 6.84. The molecule has 3 rings (SSSR count). The molecule has 0 radical (unpaired) electrons. The number of hydrogen-bond donors (Lipinski definition) is 0. The molecular formula is C19H24ClFO4. The van der Waals surface area contributed by atoms with Gasteiger partial charge in [-0.2, -0.15) is 0 Å². The summed E-state index contributed by atoms with van der Waals surface area (Å²) in [5, 5.41) is 0.140. The first-order chi connectivity index (χ1) is 12.2. The Morgan fingerprint density at radius 3 is 2.48 bits per heavy atom. The van der Waals surface area contributed by atoms with Crippen LogP contribution in [0.1, 0.15) is 18.9 Å². The van der Waals surface area contributed by atoms with Crippen molar-refractivity contribution < 1.29 is 23.3 Å². The van der Waals surface area contributed by atoms with Gasteiger partial charge in [0.1, 0.15) is 5.82 Å². The second kappa shape index (κ2) is 9.10. The minimum Gasteiger partial charge on any atom is -0.352 e. The molecule has 1 aromatic rings. The van der Waals surface area contributed by atoms with Crippen LogP contribution in [0.2, 0.25) is 5.02 Å². The van der Waals surface area contributed by atoms with Crippen LogP contribution >= 0.6 is 11.6 Å². The molecule has 6 heteroatoms. The van der Waals surface area contributed by atoms with Gasteiger partial charge in [-0.15, -0.1) is 0 Å². The van der Waals surface area contributed by atoms with Gasteiger partial charge in [0.25, 0.3) is 0 Å². The van der Waals surface area contributed by atoms with Gasteiger partial charge >= 0.3 is 0 Å². The molecule has 2 heterocycles. The van der Waals surface area contributed by atoms with Gasteiger partial charge < -0.3 is 18.9 Å². The van der Waals surface area contributed by atoms with Crippen LogP contribution in [0.5, 0.6) is 0 Å². The highest BCUT2D eigenvalue weighted by molar-refractivity contribution is 6.30. The normalized spacial score (nSPS) is 30.7. The van der Waals surface area contributed by atoms with Crippen LogP contribution in [-0.4, -0.2) is 39.0 Å². The summed E-state index contributed by atoms with van der Waals surface area (Å²) in [6.07, 6.45) is 4.90. The first-order valence-corrected chi connectivity index (χ1v) is 9.06. The van der Waals surface area contributed by atoms with E-state index < -0.39 is 5.82 Å². The molecule has 2 fully saturated rings. The smallest absolute Gasteiger partial charge is 0.164 e. The number of rotatable bonds is 5. The quantitative estimate of drug-likeness (QED) is 0.735. The zero-order valence-electron chi connectivity index (χ0n) is 14.3. The second-order valence-electron chi connectivity index (χ2n) is 6.46.